The summed E-state index contributed by atoms with van der Waals surface area (Å²) in [6.07, 6.45) is 4.34. The molecule has 0 aromatic heterocycles. The van der Waals surface area contributed by atoms with Gasteiger partial charge in [0.25, 0.3) is 0 Å². The standard InChI is InChI=1S/C20H15N/c1-2-7-17(8-3-1)20-19(21-20)13-11-15-10-12-16-6-4-5-9-18(16)14-15/h1-14,19H. The molecule has 0 saturated heterocycles. The van der Waals surface area contributed by atoms with E-state index >= 15 is 0 Å². The fourth-order valence-corrected chi connectivity index (χ4v) is 2.61. The molecule has 0 amide bonds. The molecule has 3 aromatic rings. The maximum Gasteiger partial charge on any atom is 0.111 e. The molecule has 4 rings (SSSR count). The van der Waals surface area contributed by atoms with Crippen molar-refractivity contribution in [2.45, 2.75) is 6.04 Å². The molecular weight excluding hydrogens is 254 g/mol. The van der Waals surface area contributed by atoms with Gasteiger partial charge in [-0.3, -0.25) is 4.99 Å². The van der Waals surface area contributed by atoms with E-state index in [2.05, 4.69) is 83.9 Å². The van der Waals surface area contributed by atoms with Crippen molar-refractivity contribution in [3.63, 3.8) is 0 Å². The third-order valence-corrected chi connectivity index (χ3v) is 3.80. The van der Waals surface area contributed by atoms with Crippen molar-refractivity contribution in [3.05, 3.63) is 90.0 Å². The molecule has 0 bridgehead atoms. The predicted octanol–water partition coefficient (Wildman–Crippen LogP) is 4.72. The lowest BCUT2D eigenvalue weighted by Crippen LogP contribution is -1.94. The van der Waals surface area contributed by atoms with Crippen LogP contribution in [0.2, 0.25) is 0 Å². The summed E-state index contributed by atoms with van der Waals surface area (Å²) in [7, 11) is 0. The minimum atomic E-state index is 0.249. The van der Waals surface area contributed by atoms with Gasteiger partial charge < -0.3 is 0 Å². The number of hydrogen-bond donors (Lipinski definition) is 0. The van der Waals surface area contributed by atoms with Crippen LogP contribution in [-0.4, -0.2) is 11.8 Å². The largest absolute Gasteiger partial charge is 0.273 e. The van der Waals surface area contributed by atoms with E-state index in [0.29, 0.717) is 0 Å². The Hall–Kier alpha value is -2.67. The summed E-state index contributed by atoms with van der Waals surface area (Å²) < 4.78 is 0. The Balaban J connectivity index is 1.51. The van der Waals surface area contributed by atoms with Crippen LogP contribution in [0.25, 0.3) is 16.8 Å². The molecule has 3 aromatic carbocycles. The van der Waals surface area contributed by atoms with Crippen LogP contribution in [0.1, 0.15) is 11.1 Å². The van der Waals surface area contributed by atoms with E-state index < -0.39 is 0 Å². The number of hydrogen-bond acceptors (Lipinski definition) is 1. The maximum atomic E-state index is 4.53. The minimum Gasteiger partial charge on any atom is -0.273 e. The van der Waals surface area contributed by atoms with Gasteiger partial charge in [0.2, 0.25) is 0 Å². The van der Waals surface area contributed by atoms with Gasteiger partial charge in [0, 0.05) is 0 Å². The zero-order chi connectivity index (χ0) is 14.1. The zero-order valence-electron chi connectivity index (χ0n) is 11.6. The Morgan fingerprint density at radius 2 is 1.52 bits per heavy atom. The van der Waals surface area contributed by atoms with E-state index in [0.717, 1.165) is 0 Å². The van der Waals surface area contributed by atoms with Gasteiger partial charge in [-0.2, -0.15) is 0 Å². The summed E-state index contributed by atoms with van der Waals surface area (Å²) in [5, 5.41) is 2.56. The van der Waals surface area contributed by atoms with Gasteiger partial charge in [-0.05, 0) is 28.0 Å². The van der Waals surface area contributed by atoms with Crippen LogP contribution in [0.4, 0.5) is 0 Å². The van der Waals surface area contributed by atoms with Gasteiger partial charge in [-0.1, -0.05) is 78.9 Å². The van der Waals surface area contributed by atoms with Gasteiger partial charge in [-0.15, -0.1) is 0 Å². The Morgan fingerprint density at radius 3 is 2.38 bits per heavy atom. The van der Waals surface area contributed by atoms with E-state index in [1.807, 2.05) is 6.07 Å². The van der Waals surface area contributed by atoms with Crippen molar-refractivity contribution in [2.75, 3.05) is 0 Å². The van der Waals surface area contributed by atoms with Crippen LogP contribution in [0.3, 0.4) is 0 Å². The number of nitrogens with zero attached hydrogens (tertiary/aromatic N) is 1. The molecule has 0 radical (unpaired) electrons. The number of benzene rings is 3. The molecule has 1 atom stereocenters. The van der Waals surface area contributed by atoms with Crippen molar-refractivity contribution in [1.82, 2.24) is 0 Å². The highest BCUT2D eigenvalue weighted by Crippen LogP contribution is 2.23. The third-order valence-electron chi connectivity index (χ3n) is 3.80. The van der Waals surface area contributed by atoms with Gasteiger partial charge in [0.1, 0.15) is 6.04 Å². The first-order chi connectivity index (χ1) is 10.4. The Kier molecular flexibility index (Phi) is 2.89. The van der Waals surface area contributed by atoms with Crippen LogP contribution >= 0.6 is 0 Å². The second kappa shape index (κ2) is 5.02. The second-order valence-corrected chi connectivity index (χ2v) is 5.29. The van der Waals surface area contributed by atoms with Crippen LogP contribution in [0.5, 0.6) is 0 Å². The summed E-state index contributed by atoms with van der Waals surface area (Å²) >= 11 is 0. The predicted molar refractivity (Wildman–Crippen MR) is 89.7 cm³/mol. The molecule has 21 heavy (non-hydrogen) atoms. The summed E-state index contributed by atoms with van der Waals surface area (Å²) in [6, 6.07) is 25.6. The van der Waals surface area contributed by atoms with Crippen LogP contribution in [-0.2, 0) is 0 Å². The van der Waals surface area contributed by atoms with E-state index in [1.165, 1.54) is 27.6 Å². The maximum absolute atomic E-state index is 4.53. The van der Waals surface area contributed by atoms with Crippen LogP contribution in [0, 0.1) is 0 Å². The van der Waals surface area contributed by atoms with Crippen LogP contribution < -0.4 is 0 Å². The molecule has 1 unspecified atom stereocenters. The third kappa shape index (κ3) is 2.50. The first kappa shape index (κ1) is 12.1. The van der Waals surface area contributed by atoms with E-state index in [1.54, 1.807) is 0 Å². The lowest BCUT2D eigenvalue weighted by atomic mass is 10.1. The number of fused-ring (bicyclic) bond motifs is 1. The minimum absolute atomic E-state index is 0.249. The van der Waals surface area contributed by atoms with Gasteiger partial charge in [0.15, 0.2) is 0 Å². The summed E-state index contributed by atoms with van der Waals surface area (Å²) in [5.74, 6) is 0. The molecule has 1 aliphatic rings. The van der Waals surface area contributed by atoms with Crippen molar-refractivity contribution >= 4 is 22.6 Å². The fourth-order valence-electron chi connectivity index (χ4n) is 2.61. The highest BCUT2D eigenvalue weighted by Gasteiger charge is 2.25. The molecule has 0 spiro atoms. The molecule has 100 valence electrons. The molecule has 0 aliphatic carbocycles. The van der Waals surface area contributed by atoms with Crippen molar-refractivity contribution in [2.24, 2.45) is 4.99 Å². The van der Waals surface area contributed by atoms with Gasteiger partial charge >= 0.3 is 0 Å². The van der Waals surface area contributed by atoms with Gasteiger partial charge in [0.05, 0.1) is 5.71 Å². The SMILES string of the molecule is C(=CC1N=C1c1ccccc1)c1ccc2ccccc2c1. The second-order valence-electron chi connectivity index (χ2n) is 5.29. The topological polar surface area (TPSA) is 12.4 Å². The van der Waals surface area contributed by atoms with E-state index in [9.17, 15) is 0 Å². The van der Waals surface area contributed by atoms with E-state index in [4.69, 9.17) is 0 Å². The van der Waals surface area contributed by atoms with E-state index in [-0.39, 0.29) is 6.04 Å². The van der Waals surface area contributed by atoms with Crippen molar-refractivity contribution < 1.29 is 0 Å². The first-order valence-electron chi connectivity index (χ1n) is 7.20. The van der Waals surface area contributed by atoms with Crippen LogP contribution in [0.15, 0.2) is 83.9 Å². The smallest absolute Gasteiger partial charge is 0.111 e. The Labute approximate surface area is 124 Å². The van der Waals surface area contributed by atoms with Gasteiger partial charge in [-0.25, -0.2) is 0 Å². The monoisotopic (exact) mass is 269 g/mol. The van der Waals surface area contributed by atoms with Crippen molar-refractivity contribution in [1.29, 1.82) is 0 Å². The summed E-state index contributed by atoms with van der Waals surface area (Å²) in [4.78, 5) is 4.53. The molecule has 1 nitrogen and oxygen atoms in total. The Morgan fingerprint density at radius 1 is 0.762 bits per heavy atom. The molecule has 0 N–H and O–H groups in total. The average molecular weight is 269 g/mol. The molecule has 1 heterocycles. The first-order valence-corrected chi connectivity index (χ1v) is 7.20. The Bertz CT molecular complexity index is 844. The zero-order valence-corrected chi connectivity index (χ0v) is 11.6. The highest BCUT2D eigenvalue weighted by molar-refractivity contribution is 6.15. The molecule has 1 aliphatic heterocycles. The lowest BCUT2D eigenvalue weighted by molar-refractivity contribution is 1.29. The summed E-state index contributed by atoms with van der Waals surface area (Å²) in [6.45, 7) is 0. The number of rotatable bonds is 3. The molecular formula is C20H15N. The molecule has 0 fully saturated rings. The molecule has 1 heteroatoms. The normalized spacial score (nSPS) is 17.1. The quantitative estimate of drug-likeness (QED) is 0.652. The average Bonchev–Trinajstić information content (AvgIpc) is 3.33. The fraction of sp³-hybridized carbons (Fsp3) is 0.0500. The lowest BCUT2D eigenvalue weighted by Gasteiger charge is -1.99. The molecule has 0 saturated carbocycles. The number of aliphatic imine (C=N–C) groups is 1. The summed E-state index contributed by atoms with van der Waals surface area (Å²) in [5.41, 5.74) is 3.64. The van der Waals surface area contributed by atoms with Crippen molar-refractivity contribution in [3.8, 4) is 0 Å². The highest BCUT2D eigenvalue weighted by atomic mass is 15.0.